The largest absolute Gasteiger partial charge is 0.297 e. The van der Waals surface area contributed by atoms with E-state index >= 15 is 0 Å². The van der Waals surface area contributed by atoms with E-state index in [1.807, 2.05) is 13.8 Å². The Morgan fingerprint density at radius 3 is 2.57 bits per heavy atom. The highest BCUT2D eigenvalue weighted by atomic mass is 79.9. The standard InChI is InChI=1S/C12H12BrClFN3O2S/c1-7(2)6-18-11(16-17-12(18)21(14,19)20)8-3-4-10(15)9(13)5-8/h3-5,7H,6H2,1-2H3. The molecule has 0 radical (unpaired) electrons. The normalized spacial score (nSPS) is 12.1. The topological polar surface area (TPSA) is 64.8 Å². The molecule has 0 unspecified atom stereocenters. The molecule has 21 heavy (non-hydrogen) atoms. The van der Waals surface area contributed by atoms with Crippen molar-refractivity contribution in [3.63, 3.8) is 0 Å². The van der Waals surface area contributed by atoms with Crippen molar-refractivity contribution in [2.24, 2.45) is 5.92 Å². The second-order valence-corrected chi connectivity index (χ2v) is 8.19. The number of nitrogens with zero attached hydrogens (tertiary/aromatic N) is 3. The van der Waals surface area contributed by atoms with E-state index in [0.717, 1.165) is 0 Å². The minimum Gasteiger partial charge on any atom is -0.297 e. The van der Waals surface area contributed by atoms with Gasteiger partial charge in [0.25, 0.3) is 14.2 Å². The van der Waals surface area contributed by atoms with Gasteiger partial charge in [-0.3, -0.25) is 4.57 Å². The van der Waals surface area contributed by atoms with Crippen LogP contribution in [0.25, 0.3) is 11.4 Å². The summed E-state index contributed by atoms with van der Waals surface area (Å²) < 4.78 is 38.1. The first-order chi connectivity index (χ1) is 9.70. The van der Waals surface area contributed by atoms with Crippen LogP contribution in [0.4, 0.5) is 4.39 Å². The van der Waals surface area contributed by atoms with Crippen molar-refractivity contribution in [1.82, 2.24) is 14.8 Å². The fraction of sp³-hybridized carbons (Fsp3) is 0.333. The zero-order chi connectivity index (χ0) is 15.8. The van der Waals surface area contributed by atoms with Crippen LogP contribution in [0.1, 0.15) is 13.8 Å². The van der Waals surface area contributed by atoms with Gasteiger partial charge < -0.3 is 0 Å². The Hall–Kier alpha value is -0.990. The van der Waals surface area contributed by atoms with Crippen molar-refractivity contribution in [1.29, 1.82) is 0 Å². The molecule has 5 nitrogen and oxygen atoms in total. The molecular weight excluding hydrogens is 385 g/mol. The molecule has 0 saturated carbocycles. The molecule has 0 spiro atoms. The van der Waals surface area contributed by atoms with Crippen LogP contribution < -0.4 is 0 Å². The van der Waals surface area contributed by atoms with Gasteiger partial charge in [0, 0.05) is 22.8 Å². The average molecular weight is 397 g/mol. The summed E-state index contributed by atoms with van der Waals surface area (Å²) in [5, 5.41) is 7.22. The molecule has 0 bridgehead atoms. The van der Waals surface area contributed by atoms with Gasteiger partial charge in [-0.25, -0.2) is 12.8 Å². The molecule has 0 aliphatic carbocycles. The van der Waals surface area contributed by atoms with E-state index in [1.54, 1.807) is 0 Å². The molecule has 0 saturated heterocycles. The molecule has 1 aromatic carbocycles. The van der Waals surface area contributed by atoms with Gasteiger partial charge in [-0.1, -0.05) is 13.8 Å². The maximum atomic E-state index is 13.3. The maximum absolute atomic E-state index is 13.3. The van der Waals surface area contributed by atoms with Gasteiger partial charge in [-0.05, 0) is 40.0 Å². The van der Waals surface area contributed by atoms with Crippen LogP contribution in [-0.2, 0) is 15.6 Å². The lowest BCUT2D eigenvalue weighted by atomic mass is 10.2. The third-order valence-corrected chi connectivity index (χ3v) is 4.42. The summed E-state index contributed by atoms with van der Waals surface area (Å²) in [6.07, 6.45) is 0. The number of rotatable bonds is 4. The zero-order valence-electron chi connectivity index (χ0n) is 11.2. The SMILES string of the molecule is CC(C)Cn1c(-c2ccc(F)c(Br)c2)nnc1S(=O)(=O)Cl. The number of hydrogen-bond acceptors (Lipinski definition) is 4. The Kier molecular flexibility index (Phi) is 4.69. The molecule has 1 aromatic heterocycles. The molecular formula is C12H12BrClFN3O2S. The molecule has 1 heterocycles. The first-order valence-electron chi connectivity index (χ1n) is 6.03. The van der Waals surface area contributed by atoms with Crippen LogP contribution in [0.5, 0.6) is 0 Å². The molecule has 0 fully saturated rings. The average Bonchev–Trinajstić information content (AvgIpc) is 2.75. The fourth-order valence-electron chi connectivity index (χ4n) is 1.85. The smallest absolute Gasteiger partial charge is 0.296 e. The van der Waals surface area contributed by atoms with Gasteiger partial charge in [0.2, 0.25) is 0 Å². The lowest BCUT2D eigenvalue weighted by Gasteiger charge is -2.11. The van der Waals surface area contributed by atoms with E-state index in [2.05, 4.69) is 26.1 Å². The lowest BCUT2D eigenvalue weighted by Crippen LogP contribution is -2.11. The van der Waals surface area contributed by atoms with Gasteiger partial charge in [-0.2, -0.15) is 0 Å². The molecule has 0 aliphatic heterocycles. The summed E-state index contributed by atoms with van der Waals surface area (Å²) in [6, 6.07) is 4.29. The van der Waals surface area contributed by atoms with E-state index in [4.69, 9.17) is 10.7 Å². The van der Waals surface area contributed by atoms with Crippen molar-refractivity contribution in [2.75, 3.05) is 0 Å². The van der Waals surface area contributed by atoms with E-state index < -0.39 is 14.9 Å². The first-order valence-corrected chi connectivity index (χ1v) is 9.13. The van der Waals surface area contributed by atoms with Crippen LogP contribution in [0.2, 0.25) is 0 Å². The molecule has 114 valence electrons. The van der Waals surface area contributed by atoms with Gasteiger partial charge in [0.1, 0.15) is 5.82 Å². The Morgan fingerprint density at radius 1 is 1.38 bits per heavy atom. The van der Waals surface area contributed by atoms with Crippen molar-refractivity contribution in [2.45, 2.75) is 25.5 Å². The Balaban J connectivity index is 2.63. The first kappa shape index (κ1) is 16.4. The maximum Gasteiger partial charge on any atom is 0.296 e. The zero-order valence-corrected chi connectivity index (χ0v) is 14.4. The highest BCUT2D eigenvalue weighted by Crippen LogP contribution is 2.27. The van der Waals surface area contributed by atoms with Gasteiger partial charge in [0.05, 0.1) is 4.47 Å². The monoisotopic (exact) mass is 395 g/mol. The Labute approximate surface area is 134 Å². The van der Waals surface area contributed by atoms with E-state index in [0.29, 0.717) is 17.9 Å². The molecule has 2 rings (SSSR count). The predicted octanol–water partition coefficient (Wildman–Crippen LogP) is 3.43. The summed E-state index contributed by atoms with van der Waals surface area (Å²) >= 11 is 3.09. The summed E-state index contributed by atoms with van der Waals surface area (Å²) in [5.41, 5.74) is 0.544. The highest BCUT2D eigenvalue weighted by Gasteiger charge is 2.24. The van der Waals surface area contributed by atoms with E-state index in [-0.39, 0.29) is 15.5 Å². The lowest BCUT2D eigenvalue weighted by molar-refractivity contribution is 0.488. The van der Waals surface area contributed by atoms with Crippen LogP contribution in [0.3, 0.4) is 0 Å². The minimum atomic E-state index is -4.01. The molecule has 2 aromatic rings. The molecule has 9 heteroatoms. The molecule has 0 aliphatic rings. The second-order valence-electron chi connectivity index (χ2n) is 4.88. The van der Waals surface area contributed by atoms with Crippen LogP contribution >= 0.6 is 26.6 Å². The van der Waals surface area contributed by atoms with Gasteiger partial charge in [-0.15, -0.1) is 10.2 Å². The number of aromatic nitrogens is 3. The summed E-state index contributed by atoms with van der Waals surface area (Å²) in [5.74, 6) is 0.0586. The summed E-state index contributed by atoms with van der Waals surface area (Å²) in [6.45, 7) is 4.22. The predicted molar refractivity (Wildman–Crippen MR) is 81.0 cm³/mol. The highest BCUT2D eigenvalue weighted by molar-refractivity contribution is 9.10. The summed E-state index contributed by atoms with van der Waals surface area (Å²) in [7, 11) is 1.38. The minimum absolute atomic E-state index is 0.154. The van der Waals surface area contributed by atoms with E-state index in [1.165, 1.54) is 22.8 Å². The number of benzene rings is 1. The van der Waals surface area contributed by atoms with Gasteiger partial charge in [0.15, 0.2) is 5.82 Å². The van der Waals surface area contributed by atoms with Crippen LogP contribution in [0.15, 0.2) is 27.8 Å². The van der Waals surface area contributed by atoms with Crippen LogP contribution in [0, 0.1) is 11.7 Å². The molecule has 0 atom stereocenters. The number of halogens is 3. The molecule has 0 amide bonds. The van der Waals surface area contributed by atoms with Crippen molar-refractivity contribution in [3.05, 3.63) is 28.5 Å². The molecule has 0 N–H and O–H groups in total. The fourth-order valence-corrected chi connectivity index (χ4v) is 3.13. The Morgan fingerprint density at radius 2 is 2.05 bits per heavy atom. The summed E-state index contributed by atoms with van der Waals surface area (Å²) in [4.78, 5) is 0. The van der Waals surface area contributed by atoms with Crippen molar-refractivity contribution >= 4 is 35.7 Å². The third kappa shape index (κ3) is 3.61. The number of hydrogen-bond donors (Lipinski definition) is 0. The van der Waals surface area contributed by atoms with Crippen molar-refractivity contribution < 1.29 is 12.8 Å². The van der Waals surface area contributed by atoms with Crippen molar-refractivity contribution in [3.8, 4) is 11.4 Å². The quantitative estimate of drug-likeness (QED) is 0.743. The Bertz CT molecular complexity index is 777. The third-order valence-electron chi connectivity index (χ3n) is 2.66. The van der Waals surface area contributed by atoms with E-state index in [9.17, 15) is 12.8 Å². The van der Waals surface area contributed by atoms with Crippen LogP contribution in [-0.4, -0.2) is 23.2 Å². The van der Waals surface area contributed by atoms with Gasteiger partial charge >= 0.3 is 0 Å². The second kappa shape index (κ2) is 6.02.